The number of aryl methyl sites for hydroxylation is 1. The standard InChI is InChI=1S/C45H51ClN6O6/c1-44(2)42(45(3,4)43(44)58-32-16-14-30(27-47)35(46)26-32)49-38(54)29-12-10-28(11-13-29)9-7-5-6-8-20-50-21-23-51(24-22-50)31-15-17-33-34(25-31)41(57)52(40(33)56)36-18-19-37(53)48-39(36)55/h10-17,25-26,36,42-43H,5-9,18-24H2,1-4H3,(H,49,54)(H,48,53,55). The molecule has 0 spiro atoms. The molecule has 4 aliphatic rings. The number of amides is 5. The van der Waals surface area contributed by atoms with E-state index in [-0.39, 0.29) is 41.7 Å². The number of ether oxygens (including phenoxy) is 1. The number of piperazine rings is 1. The van der Waals surface area contributed by atoms with E-state index < -0.39 is 29.7 Å². The third-order valence-electron chi connectivity index (χ3n) is 12.5. The molecule has 3 aliphatic heterocycles. The van der Waals surface area contributed by atoms with Crippen LogP contribution in [0.5, 0.6) is 5.75 Å². The Balaban J connectivity index is 0.800. The van der Waals surface area contributed by atoms with Crippen LogP contribution in [0.1, 0.15) is 108 Å². The highest BCUT2D eigenvalue weighted by Crippen LogP contribution is 2.55. The third kappa shape index (κ3) is 8.07. The largest absolute Gasteiger partial charge is 0.489 e. The van der Waals surface area contributed by atoms with Gasteiger partial charge in [-0.15, -0.1) is 0 Å². The van der Waals surface area contributed by atoms with Gasteiger partial charge in [0.2, 0.25) is 11.8 Å². The van der Waals surface area contributed by atoms with E-state index in [1.54, 1.807) is 30.3 Å². The Bertz CT molecular complexity index is 2140. The number of rotatable bonds is 13. The van der Waals surface area contributed by atoms with Crippen molar-refractivity contribution in [1.82, 2.24) is 20.4 Å². The van der Waals surface area contributed by atoms with Gasteiger partial charge >= 0.3 is 0 Å². The number of fused-ring (bicyclic) bond motifs is 1. The van der Waals surface area contributed by atoms with Gasteiger partial charge in [-0.05, 0) is 80.3 Å². The molecule has 1 aliphatic carbocycles. The van der Waals surface area contributed by atoms with E-state index in [9.17, 15) is 29.2 Å². The molecule has 1 saturated carbocycles. The van der Waals surface area contributed by atoms with Gasteiger partial charge in [-0.3, -0.25) is 39.1 Å². The number of halogens is 1. The van der Waals surface area contributed by atoms with Crippen molar-refractivity contribution in [3.63, 3.8) is 0 Å². The molecule has 5 amide bonds. The van der Waals surface area contributed by atoms with E-state index in [1.807, 2.05) is 18.2 Å². The van der Waals surface area contributed by atoms with Crippen LogP contribution in [0.15, 0.2) is 60.7 Å². The number of anilines is 1. The van der Waals surface area contributed by atoms with Crippen LogP contribution >= 0.6 is 11.6 Å². The number of imide groups is 2. The Morgan fingerprint density at radius 1 is 0.879 bits per heavy atom. The summed E-state index contributed by atoms with van der Waals surface area (Å²) in [5.74, 6) is -1.47. The minimum atomic E-state index is -0.969. The molecule has 7 rings (SSSR count). The lowest BCUT2D eigenvalue weighted by Crippen LogP contribution is -2.74. The van der Waals surface area contributed by atoms with Crippen LogP contribution in [0.2, 0.25) is 5.02 Å². The van der Waals surface area contributed by atoms with E-state index >= 15 is 0 Å². The maximum absolute atomic E-state index is 13.4. The van der Waals surface area contributed by atoms with Crippen LogP contribution in [-0.4, -0.2) is 90.2 Å². The topological polar surface area (TPSA) is 152 Å². The first-order valence-electron chi connectivity index (χ1n) is 20.3. The molecule has 0 radical (unpaired) electrons. The predicted molar refractivity (Wildman–Crippen MR) is 220 cm³/mol. The van der Waals surface area contributed by atoms with Crippen molar-refractivity contribution >= 4 is 46.8 Å². The summed E-state index contributed by atoms with van der Waals surface area (Å²) < 4.78 is 6.36. The predicted octanol–water partition coefficient (Wildman–Crippen LogP) is 6.15. The Kier molecular flexibility index (Phi) is 11.7. The van der Waals surface area contributed by atoms with Gasteiger partial charge in [0, 0.05) is 66.8 Å². The van der Waals surface area contributed by atoms with Crippen LogP contribution in [0.4, 0.5) is 5.69 Å². The lowest BCUT2D eigenvalue weighted by molar-refractivity contribution is -0.164. The van der Waals surface area contributed by atoms with Gasteiger partial charge in [-0.25, -0.2) is 0 Å². The summed E-state index contributed by atoms with van der Waals surface area (Å²) in [5.41, 5.74) is 3.07. The molecule has 0 aromatic heterocycles. The second kappa shape index (κ2) is 16.5. The minimum absolute atomic E-state index is 0.0936. The van der Waals surface area contributed by atoms with E-state index in [1.165, 1.54) is 5.56 Å². The molecule has 2 saturated heterocycles. The Hall–Kier alpha value is -5.25. The second-order valence-electron chi connectivity index (χ2n) is 17.2. The zero-order valence-corrected chi connectivity index (χ0v) is 34.4. The number of nitrogens with one attached hydrogen (secondary N) is 2. The molecule has 2 N–H and O–H groups in total. The Labute approximate surface area is 344 Å². The third-order valence-corrected chi connectivity index (χ3v) is 12.8. The quantitative estimate of drug-likeness (QED) is 0.153. The van der Waals surface area contributed by atoms with Crippen molar-refractivity contribution < 1.29 is 28.7 Å². The van der Waals surface area contributed by atoms with E-state index in [0.29, 0.717) is 33.0 Å². The minimum Gasteiger partial charge on any atom is -0.489 e. The first-order chi connectivity index (χ1) is 27.7. The fraction of sp³-hybridized carbons (Fsp3) is 0.467. The van der Waals surface area contributed by atoms with E-state index in [4.69, 9.17) is 16.3 Å². The van der Waals surface area contributed by atoms with Gasteiger partial charge in [-0.1, -0.05) is 64.3 Å². The number of carbonyl (C=O) groups is 5. The number of benzene rings is 3. The molecule has 304 valence electrons. The smallest absolute Gasteiger partial charge is 0.262 e. The van der Waals surface area contributed by atoms with Gasteiger partial charge < -0.3 is 15.0 Å². The van der Waals surface area contributed by atoms with Crippen LogP contribution in [0.3, 0.4) is 0 Å². The van der Waals surface area contributed by atoms with Gasteiger partial charge in [0.1, 0.15) is 24.0 Å². The molecule has 3 aromatic carbocycles. The Morgan fingerprint density at radius 2 is 1.57 bits per heavy atom. The summed E-state index contributed by atoms with van der Waals surface area (Å²) in [5, 5.41) is 15.1. The van der Waals surface area contributed by atoms with Crippen LogP contribution in [0.25, 0.3) is 0 Å². The van der Waals surface area contributed by atoms with Crippen LogP contribution < -0.4 is 20.3 Å². The van der Waals surface area contributed by atoms with Crippen molar-refractivity contribution in [2.45, 2.75) is 90.8 Å². The zero-order chi connectivity index (χ0) is 41.4. The average molecular weight is 807 g/mol. The fourth-order valence-corrected chi connectivity index (χ4v) is 9.75. The molecule has 13 heteroatoms. The summed E-state index contributed by atoms with van der Waals surface area (Å²) in [4.78, 5) is 69.4. The molecule has 1 atom stereocenters. The van der Waals surface area contributed by atoms with Gasteiger partial charge in [0.05, 0.1) is 21.7 Å². The molecule has 0 bridgehead atoms. The summed E-state index contributed by atoms with van der Waals surface area (Å²) in [6, 6.07) is 19.3. The zero-order valence-electron chi connectivity index (χ0n) is 33.6. The molecule has 1 unspecified atom stereocenters. The maximum Gasteiger partial charge on any atom is 0.262 e. The van der Waals surface area contributed by atoms with Gasteiger partial charge in [0.15, 0.2) is 0 Å². The van der Waals surface area contributed by atoms with Crippen molar-refractivity contribution in [3.05, 3.63) is 93.5 Å². The molecule has 3 fully saturated rings. The monoisotopic (exact) mass is 806 g/mol. The number of piperidine rings is 1. The van der Waals surface area contributed by atoms with Gasteiger partial charge in [0.25, 0.3) is 17.7 Å². The lowest BCUT2D eigenvalue weighted by Gasteiger charge is -2.63. The first kappa shape index (κ1) is 40.9. The summed E-state index contributed by atoms with van der Waals surface area (Å²) in [6.45, 7) is 12.8. The number of unbranched alkanes of at least 4 members (excludes halogenated alkanes) is 3. The van der Waals surface area contributed by atoms with Crippen molar-refractivity contribution in [1.29, 1.82) is 5.26 Å². The molecule has 12 nitrogen and oxygen atoms in total. The molecule has 3 heterocycles. The molecular formula is C45H51ClN6O6. The highest BCUT2D eigenvalue weighted by molar-refractivity contribution is 6.31. The summed E-state index contributed by atoms with van der Waals surface area (Å²) >= 11 is 6.24. The fourth-order valence-electron chi connectivity index (χ4n) is 9.54. The average Bonchev–Trinajstić information content (AvgIpc) is 3.45. The SMILES string of the molecule is CC1(C)C(NC(=O)c2ccc(CCCCCCN3CCN(c4ccc5c(c4)C(=O)N(C4CCC(=O)NC4=O)C5=O)CC3)cc2)C(C)(C)C1Oc1ccc(C#N)c(Cl)c1. The van der Waals surface area contributed by atoms with Crippen molar-refractivity contribution in [2.75, 3.05) is 37.6 Å². The number of hydrogen-bond acceptors (Lipinski definition) is 9. The van der Waals surface area contributed by atoms with E-state index in [2.05, 4.69) is 66.3 Å². The Morgan fingerprint density at radius 3 is 2.24 bits per heavy atom. The maximum atomic E-state index is 13.4. The molecule has 58 heavy (non-hydrogen) atoms. The van der Waals surface area contributed by atoms with Crippen LogP contribution in [0, 0.1) is 22.2 Å². The second-order valence-corrected chi connectivity index (χ2v) is 17.6. The summed E-state index contributed by atoms with van der Waals surface area (Å²) in [6.07, 6.45) is 5.49. The number of carbonyl (C=O) groups excluding carboxylic acids is 5. The highest BCUT2D eigenvalue weighted by atomic mass is 35.5. The number of nitriles is 1. The number of nitrogens with zero attached hydrogens (tertiary/aromatic N) is 4. The highest BCUT2D eigenvalue weighted by Gasteiger charge is 2.64. The molecular weight excluding hydrogens is 756 g/mol. The summed E-state index contributed by atoms with van der Waals surface area (Å²) in [7, 11) is 0. The normalized spacial score (nSPS) is 22.5. The van der Waals surface area contributed by atoms with E-state index in [0.717, 1.165) is 75.4 Å². The van der Waals surface area contributed by atoms with Crippen molar-refractivity contribution in [2.24, 2.45) is 10.8 Å². The molecule has 3 aromatic rings. The van der Waals surface area contributed by atoms with Crippen molar-refractivity contribution in [3.8, 4) is 11.8 Å². The lowest BCUT2D eigenvalue weighted by atomic mass is 9.49. The first-order valence-corrected chi connectivity index (χ1v) is 20.7. The number of hydrogen-bond donors (Lipinski definition) is 2. The van der Waals surface area contributed by atoms with Crippen LogP contribution in [-0.2, 0) is 16.0 Å². The van der Waals surface area contributed by atoms with Gasteiger partial charge in [-0.2, -0.15) is 5.26 Å².